The first-order valence-electron chi connectivity index (χ1n) is 5.09. The Morgan fingerprint density at radius 2 is 1.89 bits per heavy atom. The molecule has 1 aromatic carbocycles. The lowest BCUT2D eigenvalue weighted by Crippen LogP contribution is -2.38. The van der Waals surface area contributed by atoms with Gasteiger partial charge in [-0.05, 0) is 5.56 Å². The molecule has 1 rings (SSSR count). The maximum absolute atomic E-state index is 11.9. The van der Waals surface area contributed by atoms with Gasteiger partial charge in [-0.2, -0.15) is 18.4 Å². The number of hydrogen-bond acceptors (Lipinski definition) is 3. The van der Waals surface area contributed by atoms with Gasteiger partial charge in [-0.25, -0.2) is 0 Å². The van der Waals surface area contributed by atoms with E-state index >= 15 is 0 Å². The van der Waals surface area contributed by atoms with Crippen LogP contribution in [0.15, 0.2) is 41.7 Å². The normalized spacial score (nSPS) is 12.3. The molecule has 1 aromatic rings. The van der Waals surface area contributed by atoms with Crippen molar-refractivity contribution in [3.05, 3.63) is 47.2 Å². The second-order valence-corrected chi connectivity index (χ2v) is 3.55. The van der Waals surface area contributed by atoms with Gasteiger partial charge in [0.05, 0.1) is 0 Å². The maximum Gasteiger partial charge on any atom is 0.484 e. The van der Waals surface area contributed by atoms with Crippen molar-refractivity contribution in [1.29, 1.82) is 5.26 Å². The number of allylic oxidation sites excluding steroid dienone is 1. The summed E-state index contributed by atoms with van der Waals surface area (Å²) in [5, 5.41) is 18.9. The highest BCUT2D eigenvalue weighted by atomic mass is 19.4. The number of benzene rings is 1. The highest BCUT2D eigenvalue weighted by Gasteiger charge is 2.32. The van der Waals surface area contributed by atoms with Gasteiger partial charge in [0.2, 0.25) is 0 Å². The molecule has 0 aliphatic carbocycles. The fraction of sp³-hybridized carbons (Fsp3) is 0.167. The molecule has 100 valence electrons. The van der Waals surface area contributed by atoms with Crippen molar-refractivity contribution in [2.75, 3.05) is 0 Å². The number of hydrogen-bond donors (Lipinski definition) is 2. The van der Waals surface area contributed by atoms with Crippen LogP contribution in [0, 0.1) is 11.3 Å². The Balaban J connectivity index is 2.91. The molecule has 0 aromatic heterocycles. The Morgan fingerprint density at radius 1 is 1.32 bits per heavy atom. The molecule has 0 heterocycles. The van der Waals surface area contributed by atoms with E-state index in [-0.39, 0.29) is 6.42 Å². The molecule has 7 heteroatoms. The number of amides is 1. The second kappa shape index (κ2) is 5.91. The number of nitrogens with one attached hydrogen (secondary N) is 1. The lowest BCUT2D eigenvalue weighted by atomic mass is 10.1. The number of nitrogens with zero attached hydrogens (tertiary/aromatic N) is 1. The SMILES string of the molecule is N#C/C(C(=O)NC(F)(F)F)=C(/O)Cc1ccccc1. The first kappa shape index (κ1) is 14.6. The molecule has 0 aliphatic heterocycles. The van der Waals surface area contributed by atoms with Crippen molar-refractivity contribution in [2.45, 2.75) is 12.7 Å². The van der Waals surface area contributed by atoms with E-state index in [1.807, 2.05) is 0 Å². The summed E-state index contributed by atoms with van der Waals surface area (Å²) < 4.78 is 35.8. The van der Waals surface area contributed by atoms with Gasteiger partial charge < -0.3 is 5.11 Å². The lowest BCUT2D eigenvalue weighted by Gasteiger charge is -2.09. The van der Waals surface area contributed by atoms with Crippen LogP contribution < -0.4 is 5.32 Å². The van der Waals surface area contributed by atoms with Gasteiger partial charge >= 0.3 is 6.30 Å². The van der Waals surface area contributed by atoms with Crippen molar-refractivity contribution < 1.29 is 23.1 Å². The lowest BCUT2D eigenvalue weighted by molar-refractivity contribution is -0.167. The molecule has 1 amide bonds. The molecule has 2 N–H and O–H groups in total. The summed E-state index contributed by atoms with van der Waals surface area (Å²) in [7, 11) is 0. The number of aliphatic hydroxyl groups excluding tert-OH is 1. The topological polar surface area (TPSA) is 73.1 Å². The molecule has 0 radical (unpaired) electrons. The van der Waals surface area contributed by atoms with E-state index < -0.39 is 23.5 Å². The molecule has 4 nitrogen and oxygen atoms in total. The minimum absolute atomic E-state index is 0.199. The average molecular weight is 270 g/mol. The van der Waals surface area contributed by atoms with Crippen LogP contribution in [0.3, 0.4) is 0 Å². The van der Waals surface area contributed by atoms with Crippen LogP contribution in [-0.2, 0) is 11.2 Å². The first-order valence-corrected chi connectivity index (χ1v) is 5.09. The van der Waals surface area contributed by atoms with E-state index in [1.165, 1.54) is 6.07 Å². The number of halogens is 3. The molecule has 0 bridgehead atoms. The van der Waals surface area contributed by atoms with E-state index in [0.29, 0.717) is 10.9 Å². The molecule has 0 spiro atoms. The molecule has 0 saturated carbocycles. The van der Waals surface area contributed by atoms with Crippen LogP contribution in [0.5, 0.6) is 0 Å². The Morgan fingerprint density at radius 3 is 2.37 bits per heavy atom. The smallest absolute Gasteiger partial charge is 0.484 e. The van der Waals surface area contributed by atoms with Gasteiger partial charge in [-0.3, -0.25) is 10.1 Å². The Kier molecular flexibility index (Phi) is 4.53. The van der Waals surface area contributed by atoms with Gasteiger partial charge in [0.1, 0.15) is 11.8 Å². The van der Waals surface area contributed by atoms with Crippen molar-refractivity contribution in [1.82, 2.24) is 5.32 Å². The number of aliphatic hydroxyl groups is 1. The van der Waals surface area contributed by atoms with Gasteiger partial charge in [0.15, 0.2) is 5.57 Å². The number of nitriles is 1. The largest absolute Gasteiger partial charge is 0.510 e. The van der Waals surface area contributed by atoms with Gasteiger partial charge in [0.25, 0.3) is 5.91 Å². The third kappa shape index (κ3) is 4.71. The van der Waals surface area contributed by atoms with E-state index in [2.05, 4.69) is 0 Å². The van der Waals surface area contributed by atoms with E-state index in [1.54, 1.807) is 30.3 Å². The molecule has 0 unspecified atom stereocenters. The van der Waals surface area contributed by atoms with Crippen molar-refractivity contribution in [3.63, 3.8) is 0 Å². The first-order chi connectivity index (χ1) is 8.83. The van der Waals surface area contributed by atoms with E-state index in [9.17, 15) is 23.1 Å². The average Bonchev–Trinajstić information content (AvgIpc) is 2.28. The van der Waals surface area contributed by atoms with Crippen LogP contribution in [0.4, 0.5) is 13.2 Å². The summed E-state index contributed by atoms with van der Waals surface area (Å²) in [5.74, 6) is -2.39. The zero-order valence-corrected chi connectivity index (χ0v) is 9.53. The predicted octanol–water partition coefficient (Wildman–Crippen LogP) is 2.20. The monoisotopic (exact) mass is 270 g/mol. The fourth-order valence-electron chi connectivity index (χ4n) is 1.32. The zero-order valence-electron chi connectivity index (χ0n) is 9.53. The third-order valence-electron chi connectivity index (χ3n) is 2.10. The molecular weight excluding hydrogens is 261 g/mol. The second-order valence-electron chi connectivity index (χ2n) is 3.55. The fourth-order valence-corrected chi connectivity index (χ4v) is 1.32. The Hall–Kier alpha value is -2.49. The standard InChI is InChI=1S/C12H9F3N2O2/c13-12(14,15)17-11(19)9(7-16)10(18)6-8-4-2-1-3-5-8/h1-5,18H,6H2,(H,17,19)/b10-9-. The molecule has 0 aliphatic rings. The summed E-state index contributed by atoms with van der Waals surface area (Å²) in [5.41, 5.74) is -0.395. The highest BCUT2D eigenvalue weighted by Crippen LogP contribution is 2.14. The minimum Gasteiger partial charge on any atom is -0.510 e. The van der Waals surface area contributed by atoms with Crippen molar-refractivity contribution in [3.8, 4) is 6.07 Å². The van der Waals surface area contributed by atoms with Gasteiger partial charge in [-0.15, -0.1) is 0 Å². The molecule has 0 fully saturated rings. The molecular formula is C12H9F3N2O2. The zero-order chi connectivity index (χ0) is 14.5. The highest BCUT2D eigenvalue weighted by molar-refractivity contribution is 5.97. The van der Waals surface area contributed by atoms with Crippen LogP contribution in [0.2, 0.25) is 0 Å². The molecule has 19 heavy (non-hydrogen) atoms. The van der Waals surface area contributed by atoms with Crippen LogP contribution in [0.25, 0.3) is 0 Å². The summed E-state index contributed by atoms with van der Waals surface area (Å²) in [6, 6.07) is 9.50. The Labute approximate surface area is 106 Å². The summed E-state index contributed by atoms with van der Waals surface area (Å²) >= 11 is 0. The Bertz CT molecular complexity index is 530. The van der Waals surface area contributed by atoms with E-state index in [4.69, 9.17) is 5.26 Å². The summed E-state index contributed by atoms with van der Waals surface area (Å²) in [4.78, 5) is 11.2. The van der Waals surface area contributed by atoms with Gasteiger partial charge in [0, 0.05) is 6.42 Å². The van der Waals surface area contributed by atoms with Crippen molar-refractivity contribution >= 4 is 5.91 Å². The minimum atomic E-state index is -4.95. The molecule has 0 atom stereocenters. The number of carbonyl (C=O) groups is 1. The number of alkyl halides is 3. The maximum atomic E-state index is 11.9. The summed E-state index contributed by atoms with van der Waals surface area (Å²) in [6.45, 7) is 0. The number of rotatable bonds is 3. The van der Waals surface area contributed by atoms with Crippen LogP contribution in [-0.4, -0.2) is 17.3 Å². The van der Waals surface area contributed by atoms with Crippen LogP contribution >= 0.6 is 0 Å². The third-order valence-corrected chi connectivity index (χ3v) is 2.10. The van der Waals surface area contributed by atoms with Crippen molar-refractivity contribution in [2.24, 2.45) is 0 Å². The molecule has 0 saturated heterocycles. The van der Waals surface area contributed by atoms with Gasteiger partial charge in [-0.1, -0.05) is 30.3 Å². The number of carbonyl (C=O) groups excluding carboxylic acids is 1. The quantitative estimate of drug-likeness (QED) is 0.383. The van der Waals surface area contributed by atoms with Crippen LogP contribution in [0.1, 0.15) is 5.56 Å². The summed E-state index contributed by atoms with van der Waals surface area (Å²) in [6.07, 6.45) is -5.15. The van der Waals surface area contributed by atoms with E-state index in [0.717, 1.165) is 0 Å². The predicted molar refractivity (Wildman–Crippen MR) is 59.6 cm³/mol.